The van der Waals surface area contributed by atoms with Crippen molar-refractivity contribution in [2.24, 2.45) is 10.1 Å². The number of aryl methyl sites for hydroxylation is 1. The molecule has 38 heavy (non-hydrogen) atoms. The van der Waals surface area contributed by atoms with Gasteiger partial charge in [0.1, 0.15) is 11.3 Å². The molecule has 0 unspecified atom stereocenters. The third-order valence-electron chi connectivity index (χ3n) is 6.04. The molecule has 3 N–H and O–H groups in total. The van der Waals surface area contributed by atoms with E-state index in [0.29, 0.717) is 18.7 Å². The zero-order chi connectivity index (χ0) is 28.3. The fraction of sp³-hybridized carbons (Fsp3) is 0.500. The van der Waals surface area contributed by atoms with E-state index in [1.807, 2.05) is 17.9 Å². The van der Waals surface area contributed by atoms with Crippen molar-refractivity contribution >= 4 is 44.6 Å². The number of nitrogens with two attached hydrogens (primary N) is 1. The monoisotopic (exact) mass is 546 g/mol. The first kappa shape index (κ1) is 30.7. The van der Waals surface area contributed by atoms with Crippen LogP contribution in [0.1, 0.15) is 44.3 Å². The van der Waals surface area contributed by atoms with E-state index in [1.54, 1.807) is 23.1 Å². The van der Waals surface area contributed by atoms with Crippen molar-refractivity contribution in [1.82, 2.24) is 14.1 Å². The van der Waals surface area contributed by atoms with Crippen molar-refractivity contribution in [1.29, 1.82) is 0 Å². The van der Waals surface area contributed by atoms with Crippen molar-refractivity contribution in [3.05, 3.63) is 30.0 Å². The van der Waals surface area contributed by atoms with Crippen LogP contribution in [0.4, 0.5) is 5.69 Å². The average Bonchev–Trinajstić information content (AvgIpc) is 3.48. The van der Waals surface area contributed by atoms with Gasteiger partial charge in [0.25, 0.3) is 0 Å². The van der Waals surface area contributed by atoms with Crippen molar-refractivity contribution in [3.8, 4) is 12.8 Å². The van der Waals surface area contributed by atoms with Crippen molar-refractivity contribution in [2.75, 3.05) is 45.6 Å². The van der Waals surface area contributed by atoms with E-state index >= 15 is 0 Å². The number of nitrogens with one attached hydrogen (secondary N) is 1. The number of carbonyl (C=O) groups is 2. The Morgan fingerprint density at radius 2 is 1.76 bits per heavy atom. The summed E-state index contributed by atoms with van der Waals surface area (Å²) in [5, 5.41) is 3.63. The number of benzene rings is 1. The first-order chi connectivity index (χ1) is 18.0. The predicted octanol–water partition coefficient (Wildman–Crippen LogP) is 2.54. The summed E-state index contributed by atoms with van der Waals surface area (Å²) in [6.07, 6.45) is 14.0. The highest BCUT2D eigenvalue weighted by Crippen LogP contribution is 2.22. The first-order valence-corrected chi connectivity index (χ1v) is 13.9. The lowest BCUT2D eigenvalue weighted by Gasteiger charge is -2.23. The second kappa shape index (κ2) is 14.4. The second-order valence-electron chi connectivity index (χ2n) is 9.19. The highest BCUT2D eigenvalue weighted by molar-refractivity contribution is 7.87. The maximum Gasteiger partial charge on any atom is 0.325 e. The number of terminal acetylenes is 1. The number of hydrogen-bond acceptors (Lipinski definition) is 5. The molecule has 2 aliphatic heterocycles. The molecule has 0 aliphatic carbocycles. The quantitative estimate of drug-likeness (QED) is 0.333. The van der Waals surface area contributed by atoms with Crippen LogP contribution in [-0.2, 0) is 19.8 Å². The predicted molar refractivity (Wildman–Crippen MR) is 150 cm³/mol. The lowest BCUT2D eigenvalue weighted by Crippen LogP contribution is -2.41. The Labute approximate surface area is 225 Å². The molecule has 2 aliphatic rings. The number of rotatable bonds is 5. The zero-order valence-electron chi connectivity index (χ0n) is 22.4. The largest absolute Gasteiger partial charge is 0.461 e. The number of anilines is 1. The van der Waals surface area contributed by atoms with E-state index in [2.05, 4.69) is 22.6 Å². The van der Waals surface area contributed by atoms with Gasteiger partial charge in [-0.15, -0.1) is 17.2 Å². The van der Waals surface area contributed by atoms with Crippen LogP contribution in [0.3, 0.4) is 0 Å². The third kappa shape index (κ3) is 9.08. The van der Waals surface area contributed by atoms with Gasteiger partial charge in [0.15, 0.2) is 0 Å². The zero-order valence-corrected chi connectivity index (χ0v) is 23.2. The maximum atomic E-state index is 11.9. The van der Waals surface area contributed by atoms with Crippen LogP contribution in [0.15, 0.2) is 33.1 Å². The Morgan fingerprint density at radius 1 is 1.11 bits per heavy atom. The summed E-state index contributed by atoms with van der Waals surface area (Å²) in [6, 6.07) is 7.19. The molecule has 2 fully saturated rings. The van der Waals surface area contributed by atoms with Gasteiger partial charge >= 0.3 is 10.2 Å². The molecule has 208 valence electrons. The number of likely N-dealkylation sites (tertiary alicyclic amines) is 2. The summed E-state index contributed by atoms with van der Waals surface area (Å²) < 4.78 is 33.0. The molecule has 3 heterocycles. The van der Waals surface area contributed by atoms with Crippen LogP contribution in [0.5, 0.6) is 0 Å². The molecule has 2 aromatic rings. The number of fused-ring (bicyclic) bond motifs is 1. The van der Waals surface area contributed by atoms with Gasteiger partial charge in [0.05, 0.1) is 6.54 Å². The molecule has 0 saturated carbocycles. The topological polar surface area (TPSA) is 142 Å². The Balaban J connectivity index is 0.000000256. The standard InChI is InChI=1S/C12H16N4O3S.C12H20N2O2.C2H2/c1-8-6-9-7-10(4-5-11(9)19-8)14-12(13)15-20(17,18)16(2)3;15-11-6-2-1-3-9-14(11)10-12(16)13-7-4-5-8-13;1-2/h4-7H,1-3H3,(H3,13,14,15);1-10H2;1-2H. The van der Waals surface area contributed by atoms with E-state index in [4.69, 9.17) is 10.2 Å². The minimum Gasteiger partial charge on any atom is -0.461 e. The molecule has 11 nitrogen and oxygen atoms in total. The normalized spacial score (nSPS) is 16.4. The number of furan rings is 1. The van der Waals surface area contributed by atoms with Crippen LogP contribution in [-0.4, -0.2) is 80.6 Å². The molecule has 1 aromatic heterocycles. The molecular formula is C26H38N6O5S. The average molecular weight is 547 g/mol. The van der Waals surface area contributed by atoms with Gasteiger partial charge in [-0.1, -0.05) is 6.42 Å². The van der Waals surface area contributed by atoms with Gasteiger partial charge in [-0.25, -0.2) is 0 Å². The molecule has 12 heteroatoms. The molecule has 0 bridgehead atoms. The Hall–Kier alpha value is -3.56. The van der Waals surface area contributed by atoms with Crippen LogP contribution in [0, 0.1) is 19.8 Å². The molecule has 1 aromatic carbocycles. The summed E-state index contributed by atoms with van der Waals surface area (Å²) in [5.74, 6) is 0.894. The second-order valence-corrected chi connectivity index (χ2v) is 11.0. The number of nitrogens with zero attached hydrogens (tertiary/aromatic N) is 4. The molecule has 0 spiro atoms. The lowest BCUT2D eigenvalue weighted by molar-refractivity contribution is -0.139. The minimum atomic E-state index is -3.74. The fourth-order valence-electron chi connectivity index (χ4n) is 4.07. The van der Waals surface area contributed by atoms with E-state index in [-0.39, 0.29) is 17.8 Å². The van der Waals surface area contributed by atoms with E-state index in [1.165, 1.54) is 14.1 Å². The lowest BCUT2D eigenvalue weighted by atomic mass is 10.2. The molecular weight excluding hydrogens is 508 g/mol. The summed E-state index contributed by atoms with van der Waals surface area (Å²) in [7, 11) is -0.978. The molecule has 0 atom stereocenters. The molecule has 2 saturated heterocycles. The SMILES string of the molecule is C#C.Cc1cc2cc(NC(N)=NS(=O)(=O)N(C)C)ccc2o1.O=C(CN1CCCCCC1=O)N1CCCC1. The minimum absolute atomic E-state index is 0.132. The van der Waals surface area contributed by atoms with Crippen molar-refractivity contribution < 1.29 is 22.4 Å². The smallest absolute Gasteiger partial charge is 0.325 e. The third-order valence-corrected chi connectivity index (χ3v) is 7.39. The van der Waals surface area contributed by atoms with Crippen LogP contribution < -0.4 is 11.1 Å². The number of amides is 2. The Kier molecular flexibility index (Phi) is 11.6. The summed E-state index contributed by atoms with van der Waals surface area (Å²) in [4.78, 5) is 27.3. The molecule has 4 rings (SSSR count). The molecule has 2 amide bonds. The van der Waals surface area contributed by atoms with Gasteiger partial charge in [-0.05, 0) is 56.9 Å². The van der Waals surface area contributed by atoms with Gasteiger partial charge in [-0.2, -0.15) is 12.7 Å². The van der Waals surface area contributed by atoms with E-state index in [9.17, 15) is 18.0 Å². The van der Waals surface area contributed by atoms with Crippen LogP contribution in [0.2, 0.25) is 0 Å². The van der Waals surface area contributed by atoms with Gasteiger partial charge in [0.2, 0.25) is 17.8 Å². The van der Waals surface area contributed by atoms with Crippen LogP contribution >= 0.6 is 0 Å². The summed E-state index contributed by atoms with van der Waals surface area (Å²) >= 11 is 0. The van der Waals surface area contributed by atoms with Gasteiger partial charge in [0, 0.05) is 51.2 Å². The van der Waals surface area contributed by atoms with Crippen molar-refractivity contribution in [3.63, 3.8) is 0 Å². The Morgan fingerprint density at radius 3 is 2.42 bits per heavy atom. The van der Waals surface area contributed by atoms with Crippen molar-refractivity contribution in [2.45, 2.75) is 45.4 Å². The van der Waals surface area contributed by atoms with Gasteiger partial charge < -0.3 is 25.3 Å². The molecule has 0 radical (unpaired) electrons. The van der Waals surface area contributed by atoms with E-state index < -0.39 is 10.2 Å². The first-order valence-electron chi connectivity index (χ1n) is 12.5. The fourth-order valence-corrected chi connectivity index (χ4v) is 4.52. The van der Waals surface area contributed by atoms with Crippen LogP contribution in [0.25, 0.3) is 11.0 Å². The Bertz CT molecular complexity index is 1250. The highest BCUT2D eigenvalue weighted by Gasteiger charge is 2.23. The highest BCUT2D eigenvalue weighted by atomic mass is 32.2. The maximum absolute atomic E-state index is 11.9. The van der Waals surface area contributed by atoms with Gasteiger partial charge in [-0.3, -0.25) is 9.59 Å². The summed E-state index contributed by atoms with van der Waals surface area (Å²) in [6.45, 7) is 4.67. The number of carbonyl (C=O) groups excluding carboxylic acids is 2. The summed E-state index contributed by atoms with van der Waals surface area (Å²) in [5.41, 5.74) is 6.98. The number of hydrogen-bond donors (Lipinski definition) is 2. The van der Waals surface area contributed by atoms with E-state index in [0.717, 1.165) is 72.8 Å². The number of guanidine groups is 1.